The lowest BCUT2D eigenvalue weighted by atomic mass is 9.93. The number of rotatable bonds is 2. The Labute approximate surface area is 102 Å². The fraction of sp³-hybridized carbons (Fsp3) is 0.533. The highest BCUT2D eigenvalue weighted by Crippen LogP contribution is 2.37. The molecule has 0 radical (unpaired) electrons. The Hall–Kier alpha value is -1.31. The average molecular weight is 230 g/mol. The van der Waals surface area contributed by atoms with Crippen LogP contribution in [0, 0.1) is 11.8 Å². The van der Waals surface area contributed by atoms with E-state index in [0.29, 0.717) is 11.7 Å². The van der Waals surface area contributed by atoms with Crippen LogP contribution in [0.15, 0.2) is 18.2 Å². The predicted octanol–water partition coefficient (Wildman–Crippen LogP) is 3.24. The molecule has 17 heavy (non-hydrogen) atoms. The molecular formula is C15H18O2. The van der Waals surface area contributed by atoms with Crippen molar-refractivity contribution in [3.05, 3.63) is 29.3 Å². The lowest BCUT2D eigenvalue weighted by molar-refractivity contribution is 0.0917. The number of Topliss-reactive ketones (excluding diaryl/α,β-unsaturated/α-hetero) is 1. The van der Waals surface area contributed by atoms with Crippen molar-refractivity contribution in [1.29, 1.82) is 0 Å². The van der Waals surface area contributed by atoms with Crippen LogP contribution in [0.5, 0.6) is 5.75 Å². The van der Waals surface area contributed by atoms with Crippen LogP contribution in [0.3, 0.4) is 0 Å². The third-order valence-corrected chi connectivity index (χ3v) is 4.05. The van der Waals surface area contributed by atoms with E-state index in [2.05, 4.69) is 13.0 Å². The van der Waals surface area contributed by atoms with Gasteiger partial charge in [0.1, 0.15) is 5.75 Å². The summed E-state index contributed by atoms with van der Waals surface area (Å²) in [5.74, 6) is 2.08. The van der Waals surface area contributed by atoms with Gasteiger partial charge in [-0.05, 0) is 36.8 Å². The van der Waals surface area contributed by atoms with Gasteiger partial charge < -0.3 is 4.74 Å². The summed E-state index contributed by atoms with van der Waals surface area (Å²) >= 11 is 0. The smallest absolute Gasteiger partial charge is 0.169 e. The van der Waals surface area contributed by atoms with Crippen LogP contribution in [-0.4, -0.2) is 12.4 Å². The van der Waals surface area contributed by atoms with Gasteiger partial charge in [0, 0.05) is 12.3 Å². The number of fused-ring (bicyclic) bond motifs is 1. The van der Waals surface area contributed by atoms with Crippen LogP contribution < -0.4 is 4.74 Å². The molecule has 90 valence electrons. The molecule has 2 atom stereocenters. The zero-order valence-electron chi connectivity index (χ0n) is 10.2. The summed E-state index contributed by atoms with van der Waals surface area (Å²) in [5.41, 5.74) is 2.01. The number of carbonyl (C=O) groups is 1. The summed E-state index contributed by atoms with van der Waals surface area (Å²) in [4.78, 5) is 12.5. The normalized spacial score (nSPS) is 26.6. The van der Waals surface area contributed by atoms with Gasteiger partial charge in [0.05, 0.1) is 12.2 Å². The Morgan fingerprint density at radius 3 is 3.00 bits per heavy atom. The summed E-state index contributed by atoms with van der Waals surface area (Å²) in [5, 5.41) is 0. The van der Waals surface area contributed by atoms with Crippen molar-refractivity contribution in [2.24, 2.45) is 11.8 Å². The number of ketones is 1. The van der Waals surface area contributed by atoms with E-state index < -0.39 is 0 Å². The number of para-hydroxylation sites is 1. The highest BCUT2D eigenvalue weighted by Gasteiger charge is 2.31. The van der Waals surface area contributed by atoms with Gasteiger partial charge in [-0.2, -0.15) is 0 Å². The molecule has 1 heterocycles. The van der Waals surface area contributed by atoms with E-state index in [1.807, 2.05) is 12.1 Å². The van der Waals surface area contributed by atoms with Crippen molar-refractivity contribution in [1.82, 2.24) is 0 Å². The summed E-state index contributed by atoms with van der Waals surface area (Å²) < 4.78 is 5.62. The molecule has 2 nitrogen and oxygen atoms in total. The van der Waals surface area contributed by atoms with Crippen LogP contribution in [0.1, 0.15) is 42.1 Å². The first-order valence-electron chi connectivity index (χ1n) is 6.54. The fourth-order valence-corrected chi connectivity index (χ4v) is 3.07. The highest BCUT2D eigenvalue weighted by molar-refractivity contribution is 6.01. The summed E-state index contributed by atoms with van der Waals surface area (Å²) in [7, 11) is 0. The van der Waals surface area contributed by atoms with Crippen molar-refractivity contribution in [2.45, 2.75) is 32.6 Å². The van der Waals surface area contributed by atoms with Gasteiger partial charge >= 0.3 is 0 Å². The molecular weight excluding hydrogens is 212 g/mol. The monoisotopic (exact) mass is 230 g/mol. The molecule has 0 aromatic heterocycles. The van der Waals surface area contributed by atoms with Gasteiger partial charge in [0.2, 0.25) is 0 Å². The Morgan fingerprint density at radius 2 is 2.24 bits per heavy atom. The van der Waals surface area contributed by atoms with Crippen LogP contribution in [0.2, 0.25) is 0 Å². The third kappa shape index (κ3) is 1.86. The fourth-order valence-electron chi connectivity index (χ4n) is 3.07. The molecule has 1 aromatic carbocycles. The molecule has 0 N–H and O–H groups in total. The third-order valence-electron chi connectivity index (χ3n) is 4.05. The van der Waals surface area contributed by atoms with Crippen molar-refractivity contribution < 1.29 is 9.53 Å². The van der Waals surface area contributed by atoms with E-state index in [1.54, 1.807) is 0 Å². The van der Waals surface area contributed by atoms with Gasteiger partial charge in [0.15, 0.2) is 5.78 Å². The van der Waals surface area contributed by atoms with Gasteiger partial charge in [-0.3, -0.25) is 4.79 Å². The molecule has 1 aliphatic carbocycles. The number of ether oxygens (including phenoxy) is 1. The average Bonchev–Trinajstić information content (AvgIpc) is 2.95. The lowest BCUT2D eigenvalue weighted by Gasteiger charge is -2.11. The largest absolute Gasteiger partial charge is 0.492 e. The number of hydrogen-bond donors (Lipinski definition) is 0. The van der Waals surface area contributed by atoms with Crippen LogP contribution in [0.25, 0.3) is 0 Å². The van der Waals surface area contributed by atoms with E-state index in [4.69, 9.17) is 4.74 Å². The number of hydrogen-bond acceptors (Lipinski definition) is 2. The predicted molar refractivity (Wildman–Crippen MR) is 66.5 cm³/mol. The molecule has 1 fully saturated rings. The zero-order chi connectivity index (χ0) is 11.8. The minimum atomic E-state index is 0.223. The van der Waals surface area contributed by atoms with Gasteiger partial charge in [-0.25, -0.2) is 0 Å². The van der Waals surface area contributed by atoms with Crippen molar-refractivity contribution >= 4 is 5.78 Å². The first kappa shape index (κ1) is 10.8. The van der Waals surface area contributed by atoms with E-state index in [1.165, 1.54) is 12.0 Å². The molecule has 2 aliphatic rings. The maximum atomic E-state index is 12.5. The zero-order valence-corrected chi connectivity index (χ0v) is 10.2. The molecule has 0 spiro atoms. The second-order valence-corrected chi connectivity index (χ2v) is 5.37. The van der Waals surface area contributed by atoms with Crippen molar-refractivity contribution in [3.63, 3.8) is 0 Å². The molecule has 2 unspecified atom stereocenters. The van der Waals surface area contributed by atoms with Gasteiger partial charge in [0.25, 0.3) is 0 Å². The standard InChI is InChI=1S/C15H18O2/c1-10-5-6-12(9-10)14(16)13-4-2-3-11-7-8-17-15(11)13/h2-4,10,12H,5-9H2,1H3. The van der Waals surface area contributed by atoms with E-state index in [9.17, 15) is 4.79 Å². The molecule has 0 saturated heterocycles. The molecule has 1 aliphatic heterocycles. The van der Waals surface area contributed by atoms with Crippen LogP contribution >= 0.6 is 0 Å². The Balaban J connectivity index is 1.89. The highest BCUT2D eigenvalue weighted by atomic mass is 16.5. The van der Waals surface area contributed by atoms with E-state index in [0.717, 1.165) is 37.2 Å². The summed E-state index contributed by atoms with van der Waals surface area (Å²) in [6.45, 7) is 2.96. The van der Waals surface area contributed by atoms with Crippen LogP contribution in [0.4, 0.5) is 0 Å². The minimum Gasteiger partial charge on any atom is -0.492 e. The lowest BCUT2D eigenvalue weighted by Crippen LogP contribution is -2.12. The molecule has 2 heteroatoms. The maximum absolute atomic E-state index is 12.5. The first-order valence-corrected chi connectivity index (χ1v) is 6.54. The minimum absolute atomic E-state index is 0.223. The SMILES string of the molecule is CC1CCC(C(=O)c2cccc3c2OCC3)C1. The quantitative estimate of drug-likeness (QED) is 0.729. The Kier molecular flexibility index (Phi) is 2.65. The second-order valence-electron chi connectivity index (χ2n) is 5.37. The van der Waals surface area contributed by atoms with Gasteiger partial charge in [-0.15, -0.1) is 0 Å². The number of carbonyl (C=O) groups excluding carboxylic acids is 1. The molecule has 0 bridgehead atoms. The summed E-state index contributed by atoms with van der Waals surface area (Å²) in [6, 6.07) is 5.98. The molecule has 3 rings (SSSR count). The van der Waals surface area contributed by atoms with E-state index >= 15 is 0 Å². The molecule has 1 aromatic rings. The topological polar surface area (TPSA) is 26.3 Å². The second kappa shape index (κ2) is 4.17. The van der Waals surface area contributed by atoms with E-state index in [-0.39, 0.29) is 5.92 Å². The van der Waals surface area contributed by atoms with Gasteiger partial charge in [-0.1, -0.05) is 19.1 Å². The first-order chi connectivity index (χ1) is 8.25. The number of benzene rings is 1. The van der Waals surface area contributed by atoms with Crippen molar-refractivity contribution in [2.75, 3.05) is 6.61 Å². The molecule has 0 amide bonds. The Morgan fingerprint density at radius 1 is 1.35 bits per heavy atom. The molecule has 1 saturated carbocycles. The van der Waals surface area contributed by atoms with Crippen molar-refractivity contribution in [3.8, 4) is 5.75 Å². The maximum Gasteiger partial charge on any atom is 0.169 e. The van der Waals surface area contributed by atoms with Crippen LogP contribution in [-0.2, 0) is 6.42 Å². The Bertz CT molecular complexity index is 450. The summed E-state index contributed by atoms with van der Waals surface area (Å²) in [6.07, 6.45) is 4.22.